The summed E-state index contributed by atoms with van der Waals surface area (Å²) in [6.45, 7) is 0. The third kappa shape index (κ3) is 4.02. The van der Waals surface area contributed by atoms with E-state index in [1.807, 2.05) is 42.5 Å². The predicted molar refractivity (Wildman–Crippen MR) is 142 cm³/mol. The maximum absolute atomic E-state index is 11.4. The molecule has 0 spiro atoms. The molecule has 35 heavy (non-hydrogen) atoms. The first kappa shape index (κ1) is 20.8. The highest BCUT2D eigenvalue weighted by molar-refractivity contribution is 5.90. The number of pyridine rings is 1. The second-order valence-corrected chi connectivity index (χ2v) is 8.56. The Morgan fingerprint density at radius 3 is 1.57 bits per heavy atom. The molecule has 5 aromatic carbocycles. The lowest BCUT2D eigenvalue weighted by Crippen LogP contribution is -1.93. The van der Waals surface area contributed by atoms with Gasteiger partial charge in [0.2, 0.25) is 0 Å². The minimum absolute atomic E-state index is 0.0684. The van der Waals surface area contributed by atoms with E-state index < -0.39 is 0 Å². The monoisotopic (exact) mass is 452 g/mol. The number of aromatic nitrogens is 1. The second-order valence-electron chi connectivity index (χ2n) is 8.56. The number of hydrogen-bond donors (Lipinski definition) is 0. The molecule has 0 aliphatic heterocycles. The van der Waals surface area contributed by atoms with E-state index in [0.717, 1.165) is 44.4 Å². The van der Waals surface area contributed by atoms with E-state index in [1.165, 1.54) is 16.8 Å². The zero-order chi connectivity index (χ0) is 23.8. The molecule has 0 amide bonds. The lowest BCUT2D eigenvalue weighted by molar-refractivity contribution is -0.384. The molecule has 0 radical (unpaired) electrons. The van der Waals surface area contributed by atoms with Crippen LogP contribution in [0.2, 0.25) is 0 Å². The number of nitro groups is 1. The van der Waals surface area contributed by atoms with Gasteiger partial charge in [0.1, 0.15) is 0 Å². The highest BCUT2D eigenvalue weighted by atomic mass is 16.6. The predicted octanol–water partition coefficient (Wildman–Crippen LogP) is 8.30. The number of non-ortho nitro benzene ring substituents is 1. The van der Waals surface area contributed by atoms with E-state index in [9.17, 15) is 10.1 Å². The topological polar surface area (TPSA) is 56.0 Å². The number of benzene rings is 5. The zero-order valence-electron chi connectivity index (χ0n) is 18.8. The van der Waals surface area contributed by atoms with Crippen LogP contribution in [-0.2, 0) is 0 Å². The summed E-state index contributed by atoms with van der Waals surface area (Å²) in [6, 6.07) is 39.9. The smallest absolute Gasteiger partial charge is 0.258 e. The van der Waals surface area contributed by atoms with Crippen molar-refractivity contribution in [1.82, 2.24) is 4.98 Å². The van der Waals surface area contributed by atoms with E-state index in [2.05, 4.69) is 60.7 Å². The van der Waals surface area contributed by atoms with E-state index in [-0.39, 0.29) is 10.6 Å². The van der Waals surface area contributed by atoms with Crippen LogP contribution in [0.1, 0.15) is 0 Å². The number of nitro benzene ring substituents is 1. The Balaban J connectivity index is 1.56. The van der Waals surface area contributed by atoms with E-state index in [1.54, 1.807) is 12.1 Å². The molecule has 0 fully saturated rings. The van der Waals surface area contributed by atoms with Gasteiger partial charge in [-0.3, -0.25) is 10.1 Å². The van der Waals surface area contributed by atoms with Gasteiger partial charge in [-0.2, -0.15) is 0 Å². The number of fused-ring (bicyclic) bond motifs is 2. The van der Waals surface area contributed by atoms with Crippen LogP contribution < -0.4 is 0 Å². The van der Waals surface area contributed by atoms with Crippen LogP contribution in [0.15, 0.2) is 121 Å². The average Bonchev–Trinajstić information content (AvgIpc) is 2.92. The van der Waals surface area contributed by atoms with Crippen LogP contribution in [0.4, 0.5) is 5.69 Å². The standard InChI is InChI=1S/C31H20N2O2/c34-33(35)29-11-5-10-25(18-29)28-19-30(26-14-12-21-6-1-3-8-23(21)16-26)32-31(20-28)27-15-13-22-7-2-4-9-24(22)17-27/h1-20H. The third-order valence-corrected chi connectivity index (χ3v) is 6.31. The second kappa shape index (κ2) is 8.50. The summed E-state index contributed by atoms with van der Waals surface area (Å²) in [7, 11) is 0. The van der Waals surface area contributed by atoms with Gasteiger partial charge in [0.05, 0.1) is 16.3 Å². The molecule has 0 saturated carbocycles. The quantitative estimate of drug-likeness (QED) is 0.200. The minimum atomic E-state index is -0.362. The van der Waals surface area contributed by atoms with Crippen molar-refractivity contribution >= 4 is 27.2 Å². The molecule has 1 aromatic heterocycles. The Labute approximate surface area is 202 Å². The van der Waals surface area contributed by atoms with Gasteiger partial charge in [-0.25, -0.2) is 4.98 Å². The Bertz CT molecular complexity index is 1640. The van der Waals surface area contributed by atoms with Gasteiger partial charge in [0, 0.05) is 23.3 Å². The maximum Gasteiger partial charge on any atom is 0.270 e. The molecule has 0 aliphatic rings. The van der Waals surface area contributed by atoms with Gasteiger partial charge in [-0.15, -0.1) is 0 Å². The van der Waals surface area contributed by atoms with Gasteiger partial charge in [0.15, 0.2) is 0 Å². The first-order valence-corrected chi connectivity index (χ1v) is 11.4. The fourth-order valence-electron chi connectivity index (χ4n) is 4.49. The highest BCUT2D eigenvalue weighted by Gasteiger charge is 2.13. The van der Waals surface area contributed by atoms with Gasteiger partial charge >= 0.3 is 0 Å². The molecule has 0 atom stereocenters. The number of rotatable bonds is 4. The molecule has 6 aromatic rings. The van der Waals surface area contributed by atoms with Crippen LogP contribution in [0, 0.1) is 10.1 Å². The minimum Gasteiger partial charge on any atom is -0.258 e. The van der Waals surface area contributed by atoms with Crippen LogP contribution in [0.3, 0.4) is 0 Å². The Morgan fingerprint density at radius 1 is 0.486 bits per heavy atom. The van der Waals surface area contributed by atoms with Crippen molar-refractivity contribution in [3.05, 3.63) is 131 Å². The molecule has 6 rings (SSSR count). The summed E-state index contributed by atoms with van der Waals surface area (Å²) in [6.07, 6.45) is 0. The SMILES string of the molecule is O=[N+]([O-])c1cccc(-c2cc(-c3ccc4ccccc4c3)nc(-c3ccc4ccccc4c3)c2)c1. The van der Waals surface area contributed by atoms with E-state index in [0.29, 0.717) is 0 Å². The summed E-state index contributed by atoms with van der Waals surface area (Å²) in [4.78, 5) is 16.1. The van der Waals surface area contributed by atoms with Crippen molar-refractivity contribution < 1.29 is 4.92 Å². The van der Waals surface area contributed by atoms with Crippen molar-refractivity contribution in [1.29, 1.82) is 0 Å². The first-order valence-electron chi connectivity index (χ1n) is 11.4. The van der Waals surface area contributed by atoms with Crippen molar-refractivity contribution in [2.75, 3.05) is 0 Å². The lowest BCUT2D eigenvalue weighted by Gasteiger charge is -2.12. The van der Waals surface area contributed by atoms with Crippen molar-refractivity contribution in [3.8, 4) is 33.6 Å². The Morgan fingerprint density at radius 2 is 1.03 bits per heavy atom. The van der Waals surface area contributed by atoms with Crippen LogP contribution in [0.5, 0.6) is 0 Å². The lowest BCUT2D eigenvalue weighted by atomic mass is 9.97. The molecule has 166 valence electrons. The molecule has 0 aliphatic carbocycles. The van der Waals surface area contributed by atoms with E-state index in [4.69, 9.17) is 4.98 Å². The van der Waals surface area contributed by atoms with E-state index >= 15 is 0 Å². The Hall–Kier alpha value is -4.83. The summed E-state index contributed by atoms with van der Waals surface area (Å²) in [5.74, 6) is 0. The van der Waals surface area contributed by atoms with Crippen LogP contribution >= 0.6 is 0 Å². The zero-order valence-corrected chi connectivity index (χ0v) is 18.8. The molecule has 4 nitrogen and oxygen atoms in total. The molecular formula is C31H20N2O2. The number of nitrogens with zero attached hydrogens (tertiary/aromatic N) is 2. The molecule has 0 N–H and O–H groups in total. The van der Waals surface area contributed by atoms with Crippen molar-refractivity contribution in [2.24, 2.45) is 0 Å². The summed E-state index contributed by atoms with van der Waals surface area (Å²) < 4.78 is 0. The maximum atomic E-state index is 11.4. The Kier molecular flexibility index (Phi) is 5.04. The molecule has 1 heterocycles. The average molecular weight is 453 g/mol. The fourth-order valence-corrected chi connectivity index (χ4v) is 4.49. The summed E-state index contributed by atoms with van der Waals surface area (Å²) >= 11 is 0. The molecule has 4 heteroatoms. The van der Waals surface area contributed by atoms with Crippen molar-refractivity contribution in [2.45, 2.75) is 0 Å². The fraction of sp³-hybridized carbons (Fsp3) is 0. The normalized spacial score (nSPS) is 11.1. The van der Waals surface area contributed by atoms with Gasteiger partial charge in [0.25, 0.3) is 5.69 Å². The largest absolute Gasteiger partial charge is 0.270 e. The van der Waals surface area contributed by atoms with Crippen molar-refractivity contribution in [3.63, 3.8) is 0 Å². The van der Waals surface area contributed by atoms with Gasteiger partial charge < -0.3 is 0 Å². The third-order valence-electron chi connectivity index (χ3n) is 6.31. The summed E-state index contributed by atoms with van der Waals surface area (Å²) in [5.41, 5.74) is 5.38. The molecule has 0 unspecified atom stereocenters. The molecular weight excluding hydrogens is 432 g/mol. The first-order chi connectivity index (χ1) is 17.1. The number of hydrogen-bond acceptors (Lipinski definition) is 3. The van der Waals surface area contributed by atoms with Crippen LogP contribution in [-0.4, -0.2) is 9.91 Å². The van der Waals surface area contributed by atoms with Crippen LogP contribution in [0.25, 0.3) is 55.2 Å². The molecule has 0 saturated heterocycles. The van der Waals surface area contributed by atoms with Gasteiger partial charge in [-0.05, 0) is 56.9 Å². The van der Waals surface area contributed by atoms with Gasteiger partial charge in [-0.1, -0.05) is 84.9 Å². The highest BCUT2D eigenvalue weighted by Crippen LogP contribution is 2.33. The molecule has 0 bridgehead atoms. The summed E-state index contributed by atoms with van der Waals surface area (Å²) in [5, 5.41) is 16.0.